The van der Waals surface area contributed by atoms with Gasteiger partial charge in [-0.05, 0) is 72.4 Å². The minimum absolute atomic E-state index is 0.322. The first-order valence-electron chi connectivity index (χ1n) is 14.2. The molecule has 1 saturated heterocycles. The maximum Gasteiger partial charge on any atom is 0.163 e. The average Bonchev–Trinajstić information content (AvgIpc) is 3.33. The lowest BCUT2D eigenvalue weighted by molar-refractivity contribution is 0.0908. The van der Waals surface area contributed by atoms with Crippen LogP contribution in [-0.4, -0.2) is 23.8 Å². The minimum Gasteiger partial charge on any atom is -0.294 e. The van der Waals surface area contributed by atoms with E-state index in [1.807, 2.05) is 12.1 Å². The Hall–Kier alpha value is -3.49. The van der Waals surface area contributed by atoms with Crippen molar-refractivity contribution < 1.29 is 4.79 Å². The van der Waals surface area contributed by atoms with Gasteiger partial charge in [0.15, 0.2) is 5.78 Å². The van der Waals surface area contributed by atoms with Crippen LogP contribution in [0, 0.1) is 11.8 Å². The van der Waals surface area contributed by atoms with Gasteiger partial charge in [0.2, 0.25) is 0 Å². The SMILES string of the molecule is CC(CC1CCN(C(c2ccccc2)(c2ccccc2)c2ccccc2)CC1)C1CC(=O)c2ccccc21. The van der Waals surface area contributed by atoms with E-state index in [4.69, 9.17) is 0 Å². The molecule has 1 heterocycles. The Morgan fingerprint density at radius 2 is 1.18 bits per heavy atom. The molecule has 0 N–H and O–H groups in total. The molecule has 2 heteroatoms. The van der Waals surface area contributed by atoms with Crippen LogP contribution >= 0.6 is 0 Å². The molecule has 4 aromatic rings. The van der Waals surface area contributed by atoms with Crippen molar-refractivity contribution in [3.63, 3.8) is 0 Å². The fraction of sp³-hybridized carbons (Fsp3) is 0.306. The number of benzene rings is 4. The van der Waals surface area contributed by atoms with Crippen molar-refractivity contribution in [2.75, 3.05) is 13.1 Å². The highest BCUT2D eigenvalue weighted by molar-refractivity contribution is 6.01. The van der Waals surface area contributed by atoms with Crippen molar-refractivity contribution in [2.24, 2.45) is 11.8 Å². The quantitative estimate of drug-likeness (QED) is 0.240. The third-order valence-electron chi connectivity index (χ3n) is 9.12. The zero-order valence-corrected chi connectivity index (χ0v) is 22.3. The summed E-state index contributed by atoms with van der Waals surface area (Å²) >= 11 is 0. The van der Waals surface area contributed by atoms with E-state index in [-0.39, 0.29) is 5.54 Å². The van der Waals surface area contributed by atoms with Gasteiger partial charge in [0, 0.05) is 12.0 Å². The summed E-state index contributed by atoms with van der Waals surface area (Å²) in [7, 11) is 0. The number of Topliss-reactive ketones (excluding diaryl/α,β-unsaturated/α-hetero) is 1. The lowest BCUT2D eigenvalue weighted by Gasteiger charge is -2.49. The summed E-state index contributed by atoms with van der Waals surface area (Å²) in [6.07, 6.45) is 4.23. The lowest BCUT2D eigenvalue weighted by atomic mass is 9.73. The molecular formula is C36H37NO. The number of carbonyl (C=O) groups is 1. The molecule has 4 aromatic carbocycles. The zero-order chi connectivity index (χ0) is 26.0. The van der Waals surface area contributed by atoms with Gasteiger partial charge < -0.3 is 0 Å². The Morgan fingerprint density at radius 1 is 0.711 bits per heavy atom. The van der Waals surface area contributed by atoms with Crippen LogP contribution in [0.15, 0.2) is 115 Å². The second kappa shape index (κ2) is 10.7. The van der Waals surface area contributed by atoms with E-state index in [1.165, 1.54) is 41.5 Å². The number of hydrogen-bond acceptors (Lipinski definition) is 2. The summed E-state index contributed by atoms with van der Waals surface area (Å²) in [5.74, 6) is 1.89. The number of likely N-dealkylation sites (tertiary alicyclic amines) is 1. The number of nitrogens with zero attached hydrogens (tertiary/aromatic N) is 1. The number of ketones is 1. The molecule has 0 saturated carbocycles. The predicted molar refractivity (Wildman–Crippen MR) is 155 cm³/mol. The molecule has 2 atom stereocenters. The number of carbonyl (C=O) groups excluding carboxylic acids is 1. The van der Waals surface area contributed by atoms with E-state index in [1.54, 1.807) is 0 Å². The van der Waals surface area contributed by atoms with Crippen molar-refractivity contribution >= 4 is 5.78 Å². The molecule has 0 amide bonds. The van der Waals surface area contributed by atoms with Gasteiger partial charge in [0.1, 0.15) is 0 Å². The van der Waals surface area contributed by atoms with Crippen LogP contribution in [0.5, 0.6) is 0 Å². The van der Waals surface area contributed by atoms with Gasteiger partial charge in [-0.25, -0.2) is 0 Å². The number of hydrogen-bond donors (Lipinski definition) is 0. The monoisotopic (exact) mass is 499 g/mol. The molecule has 0 aromatic heterocycles. The molecule has 38 heavy (non-hydrogen) atoms. The van der Waals surface area contributed by atoms with Crippen molar-refractivity contribution in [2.45, 2.75) is 44.1 Å². The summed E-state index contributed by atoms with van der Waals surface area (Å²) < 4.78 is 0. The number of piperidine rings is 1. The summed E-state index contributed by atoms with van der Waals surface area (Å²) in [6.45, 7) is 4.47. The highest BCUT2D eigenvalue weighted by Crippen LogP contribution is 2.46. The molecule has 0 bridgehead atoms. The first-order valence-corrected chi connectivity index (χ1v) is 14.2. The van der Waals surface area contributed by atoms with E-state index in [0.29, 0.717) is 30.0 Å². The van der Waals surface area contributed by atoms with E-state index in [9.17, 15) is 4.79 Å². The van der Waals surface area contributed by atoms with E-state index < -0.39 is 0 Å². The fourth-order valence-corrected chi connectivity index (χ4v) is 7.28. The van der Waals surface area contributed by atoms with Gasteiger partial charge in [0.05, 0.1) is 5.54 Å². The lowest BCUT2D eigenvalue weighted by Crippen LogP contribution is -2.51. The largest absolute Gasteiger partial charge is 0.294 e. The average molecular weight is 500 g/mol. The van der Waals surface area contributed by atoms with Crippen LogP contribution in [-0.2, 0) is 5.54 Å². The van der Waals surface area contributed by atoms with Gasteiger partial charge in [0.25, 0.3) is 0 Å². The van der Waals surface area contributed by atoms with Crippen molar-refractivity contribution in [1.29, 1.82) is 0 Å². The highest BCUT2D eigenvalue weighted by Gasteiger charge is 2.43. The molecular weight excluding hydrogens is 462 g/mol. The normalized spacial score (nSPS) is 19.3. The second-order valence-corrected chi connectivity index (χ2v) is 11.3. The molecule has 1 fully saturated rings. The molecule has 1 aliphatic carbocycles. The van der Waals surface area contributed by atoms with Crippen LogP contribution in [0.25, 0.3) is 0 Å². The van der Waals surface area contributed by atoms with Crippen LogP contribution < -0.4 is 0 Å². The maximum atomic E-state index is 12.6. The molecule has 2 unspecified atom stereocenters. The Labute approximate surface area is 227 Å². The summed E-state index contributed by atoms with van der Waals surface area (Å²) in [5.41, 5.74) is 5.88. The van der Waals surface area contributed by atoms with E-state index in [2.05, 4.69) is 115 Å². The topological polar surface area (TPSA) is 20.3 Å². The van der Waals surface area contributed by atoms with Crippen LogP contribution in [0.2, 0.25) is 0 Å². The molecule has 6 rings (SSSR count). The molecule has 1 aliphatic heterocycles. The Kier molecular flexibility index (Phi) is 7.00. The highest BCUT2D eigenvalue weighted by atomic mass is 16.1. The minimum atomic E-state index is -0.322. The maximum absolute atomic E-state index is 12.6. The summed E-state index contributed by atoms with van der Waals surface area (Å²) in [4.78, 5) is 15.3. The summed E-state index contributed by atoms with van der Waals surface area (Å²) in [5, 5.41) is 0. The molecule has 2 aliphatic rings. The number of fused-ring (bicyclic) bond motifs is 1. The third kappa shape index (κ3) is 4.41. The fourth-order valence-electron chi connectivity index (χ4n) is 7.28. The molecule has 0 radical (unpaired) electrons. The first kappa shape index (κ1) is 24.8. The van der Waals surface area contributed by atoms with Gasteiger partial charge in [-0.3, -0.25) is 9.69 Å². The second-order valence-electron chi connectivity index (χ2n) is 11.3. The standard InChI is InChI=1S/C36H37NO/c1-27(34-26-35(38)33-20-12-11-19-32(33)34)25-28-21-23-37(24-22-28)36(29-13-5-2-6-14-29,30-15-7-3-8-16-30)31-17-9-4-10-18-31/h2-20,27-28,34H,21-26H2,1H3. The zero-order valence-electron chi connectivity index (χ0n) is 22.3. The van der Waals surface area contributed by atoms with Gasteiger partial charge in [-0.2, -0.15) is 0 Å². The summed E-state index contributed by atoms with van der Waals surface area (Å²) in [6, 6.07) is 41.4. The smallest absolute Gasteiger partial charge is 0.163 e. The Bertz CT molecular complexity index is 1260. The molecule has 0 spiro atoms. The van der Waals surface area contributed by atoms with Crippen LogP contribution in [0.1, 0.15) is 71.1 Å². The van der Waals surface area contributed by atoms with E-state index >= 15 is 0 Å². The van der Waals surface area contributed by atoms with Gasteiger partial charge in [-0.1, -0.05) is 122 Å². The molecule has 2 nitrogen and oxygen atoms in total. The third-order valence-corrected chi connectivity index (χ3v) is 9.12. The first-order chi connectivity index (χ1) is 18.7. The van der Waals surface area contributed by atoms with Crippen LogP contribution in [0.3, 0.4) is 0 Å². The van der Waals surface area contributed by atoms with E-state index in [0.717, 1.165) is 18.7 Å². The van der Waals surface area contributed by atoms with Crippen molar-refractivity contribution in [3.05, 3.63) is 143 Å². The van der Waals surface area contributed by atoms with Crippen LogP contribution in [0.4, 0.5) is 0 Å². The van der Waals surface area contributed by atoms with Crippen molar-refractivity contribution in [1.82, 2.24) is 4.90 Å². The van der Waals surface area contributed by atoms with Gasteiger partial charge >= 0.3 is 0 Å². The molecule has 192 valence electrons. The Morgan fingerprint density at radius 3 is 1.71 bits per heavy atom. The van der Waals surface area contributed by atoms with Gasteiger partial charge in [-0.15, -0.1) is 0 Å². The number of rotatable bonds is 7. The predicted octanol–water partition coefficient (Wildman–Crippen LogP) is 8.09. The Balaban J connectivity index is 1.27. The van der Waals surface area contributed by atoms with Crippen molar-refractivity contribution in [3.8, 4) is 0 Å².